The van der Waals surface area contributed by atoms with Crippen molar-refractivity contribution in [1.29, 1.82) is 0 Å². The van der Waals surface area contributed by atoms with E-state index in [9.17, 15) is 9.59 Å². The predicted octanol–water partition coefficient (Wildman–Crippen LogP) is 2.89. The Balaban J connectivity index is 1.65. The Bertz CT molecular complexity index is 815. The zero-order valence-corrected chi connectivity index (χ0v) is 13.8. The van der Waals surface area contributed by atoms with Crippen molar-refractivity contribution in [3.8, 4) is 11.6 Å². The van der Waals surface area contributed by atoms with Crippen LogP contribution >= 0.6 is 0 Å². The molecular weight excluding hydrogens is 318 g/mol. The molecule has 0 saturated heterocycles. The number of nitrogens with zero attached hydrogens (tertiary/aromatic N) is 2. The third-order valence-electron chi connectivity index (χ3n) is 4.63. The average Bonchev–Trinajstić information content (AvgIpc) is 3.09. The van der Waals surface area contributed by atoms with Gasteiger partial charge in [-0.05, 0) is 37.1 Å². The van der Waals surface area contributed by atoms with E-state index in [0.29, 0.717) is 17.0 Å². The van der Waals surface area contributed by atoms with E-state index < -0.39 is 0 Å². The van der Waals surface area contributed by atoms with Gasteiger partial charge in [0.25, 0.3) is 5.91 Å². The lowest BCUT2D eigenvalue weighted by atomic mass is 10.2. The number of fused-ring (bicyclic) bond motifs is 2. The highest BCUT2D eigenvalue weighted by Crippen LogP contribution is 2.37. The SMILES string of the molecule is O=C(CN1C(=O)c2cccnc2Oc2ccccc21)NC1CCCC1. The number of hydrogen-bond acceptors (Lipinski definition) is 4. The second-order valence-electron chi connectivity index (χ2n) is 6.37. The lowest BCUT2D eigenvalue weighted by Crippen LogP contribution is -2.43. The first-order chi connectivity index (χ1) is 12.2. The highest BCUT2D eigenvalue weighted by Gasteiger charge is 2.30. The van der Waals surface area contributed by atoms with Crippen molar-refractivity contribution in [2.45, 2.75) is 31.7 Å². The number of carbonyl (C=O) groups is 2. The predicted molar refractivity (Wildman–Crippen MR) is 92.8 cm³/mol. The smallest absolute Gasteiger partial charge is 0.264 e. The number of nitrogens with one attached hydrogen (secondary N) is 1. The van der Waals surface area contributed by atoms with Crippen molar-refractivity contribution in [3.63, 3.8) is 0 Å². The summed E-state index contributed by atoms with van der Waals surface area (Å²) in [6, 6.07) is 10.8. The molecule has 0 radical (unpaired) electrons. The third-order valence-corrected chi connectivity index (χ3v) is 4.63. The second kappa shape index (κ2) is 6.55. The average molecular weight is 337 g/mol. The molecule has 128 valence electrons. The van der Waals surface area contributed by atoms with Gasteiger partial charge in [0, 0.05) is 12.2 Å². The van der Waals surface area contributed by atoms with E-state index in [1.54, 1.807) is 30.5 Å². The van der Waals surface area contributed by atoms with E-state index >= 15 is 0 Å². The Morgan fingerprint density at radius 3 is 2.84 bits per heavy atom. The van der Waals surface area contributed by atoms with E-state index in [-0.39, 0.29) is 30.3 Å². The minimum absolute atomic E-state index is 0.0377. The normalized spacial score (nSPS) is 16.6. The summed E-state index contributed by atoms with van der Waals surface area (Å²) in [5, 5.41) is 3.03. The van der Waals surface area contributed by atoms with Gasteiger partial charge in [-0.25, -0.2) is 4.98 Å². The maximum atomic E-state index is 13.0. The van der Waals surface area contributed by atoms with Gasteiger partial charge in [-0.3, -0.25) is 14.5 Å². The number of aromatic nitrogens is 1. The van der Waals surface area contributed by atoms with Gasteiger partial charge in [-0.1, -0.05) is 25.0 Å². The van der Waals surface area contributed by atoms with Crippen molar-refractivity contribution >= 4 is 17.5 Å². The Hall–Kier alpha value is -2.89. The van der Waals surface area contributed by atoms with Crippen molar-refractivity contribution in [3.05, 3.63) is 48.2 Å². The van der Waals surface area contributed by atoms with Gasteiger partial charge in [0.05, 0.1) is 5.69 Å². The largest absolute Gasteiger partial charge is 0.436 e. The molecule has 2 aromatic rings. The molecule has 1 aliphatic carbocycles. The third kappa shape index (κ3) is 3.07. The van der Waals surface area contributed by atoms with Crippen LogP contribution in [0.4, 0.5) is 5.69 Å². The molecule has 6 nitrogen and oxygen atoms in total. The van der Waals surface area contributed by atoms with Crippen LogP contribution < -0.4 is 15.0 Å². The van der Waals surface area contributed by atoms with Crippen molar-refractivity contribution in [1.82, 2.24) is 10.3 Å². The molecule has 6 heteroatoms. The molecule has 1 fully saturated rings. The quantitative estimate of drug-likeness (QED) is 0.935. The van der Waals surface area contributed by atoms with E-state index in [1.165, 1.54) is 4.90 Å². The fourth-order valence-electron chi connectivity index (χ4n) is 3.40. The molecule has 0 atom stereocenters. The number of rotatable bonds is 3. The molecule has 1 aliphatic heterocycles. The Labute approximate surface area is 145 Å². The fraction of sp³-hybridized carbons (Fsp3) is 0.316. The van der Waals surface area contributed by atoms with Crippen LogP contribution in [0.25, 0.3) is 0 Å². The molecular formula is C19H19N3O3. The molecule has 1 aromatic carbocycles. The number of ether oxygens (including phenoxy) is 1. The second-order valence-corrected chi connectivity index (χ2v) is 6.37. The summed E-state index contributed by atoms with van der Waals surface area (Å²) in [6.07, 6.45) is 5.88. The molecule has 0 bridgehead atoms. The first-order valence-electron chi connectivity index (χ1n) is 8.55. The Morgan fingerprint density at radius 2 is 2.00 bits per heavy atom. The molecule has 0 unspecified atom stereocenters. The molecule has 0 spiro atoms. The summed E-state index contributed by atoms with van der Waals surface area (Å²) in [5.41, 5.74) is 0.930. The summed E-state index contributed by atoms with van der Waals surface area (Å²) in [6.45, 7) is -0.0377. The summed E-state index contributed by atoms with van der Waals surface area (Å²) in [5.74, 6) is 0.345. The van der Waals surface area contributed by atoms with E-state index in [0.717, 1.165) is 25.7 Å². The van der Waals surface area contributed by atoms with Crippen LogP contribution in [0, 0.1) is 0 Å². The molecule has 2 amide bonds. The summed E-state index contributed by atoms with van der Waals surface area (Å²) in [7, 11) is 0. The fourth-order valence-corrected chi connectivity index (χ4v) is 3.40. The van der Waals surface area contributed by atoms with E-state index in [4.69, 9.17) is 4.74 Å². The zero-order valence-electron chi connectivity index (χ0n) is 13.8. The van der Waals surface area contributed by atoms with Crippen LogP contribution in [-0.4, -0.2) is 29.4 Å². The first kappa shape index (κ1) is 15.6. The monoisotopic (exact) mass is 337 g/mol. The van der Waals surface area contributed by atoms with Gasteiger partial charge in [-0.15, -0.1) is 0 Å². The summed E-state index contributed by atoms with van der Waals surface area (Å²) < 4.78 is 5.81. The van der Waals surface area contributed by atoms with Gasteiger partial charge in [0.2, 0.25) is 11.8 Å². The highest BCUT2D eigenvalue weighted by atomic mass is 16.5. The number of carbonyl (C=O) groups excluding carboxylic acids is 2. The van der Waals surface area contributed by atoms with Gasteiger partial charge in [0.1, 0.15) is 12.1 Å². The maximum absolute atomic E-state index is 13.0. The van der Waals surface area contributed by atoms with Crippen LogP contribution in [0.1, 0.15) is 36.0 Å². The van der Waals surface area contributed by atoms with Crippen LogP contribution in [0.3, 0.4) is 0 Å². The topological polar surface area (TPSA) is 71.5 Å². The number of para-hydroxylation sites is 2. The minimum Gasteiger partial charge on any atom is -0.436 e. The molecule has 1 aromatic heterocycles. The molecule has 2 heterocycles. The van der Waals surface area contributed by atoms with E-state index in [2.05, 4.69) is 10.3 Å². The molecule has 4 rings (SSSR count). The van der Waals surface area contributed by atoms with Crippen LogP contribution in [0.15, 0.2) is 42.6 Å². The lowest BCUT2D eigenvalue weighted by molar-refractivity contribution is -0.120. The molecule has 1 N–H and O–H groups in total. The van der Waals surface area contributed by atoms with Gasteiger partial charge in [0.15, 0.2) is 5.75 Å². The van der Waals surface area contributed by atoms with Crippen LogP contribution in [0.5, 0.6) is 11.6 Å². The minimum atomic E-state index is -0.283. The summed E-state index contributed by atoms with van der Waals surface area (Å²) in [4.78, 5) is 31.1. The Morgan fingerprint density at radius 1 is 1.20 bits per heavy atom. The van der Waals surface area contributed by atoms with Gasteiger partial charge < -0.3 is 10.1 Å². The number of hydrogen-bond donors (Lipinski definition) is 1. The van der Waals surface area contributed by atoms with Crippen LogP contribution in [-0.2, 0) is 4.79 Å². The number of amides is 2. The lowest BCUT2D eigenvalue weighted by Gasteiger charge is -2.22. The van der Waals surface area contributed by atoms with Gasteiger partial charge >= 0.3 is 0 Å². The number of pyridine rings is 1. The maximum Gasteiger partial charge on any atom is 0.264 e. The van der Waals surface area contributed by atoms with E-state index in [1.807, 2.05) is 12.1 Å². The van der Waals surface area contributed by atoms with Crippen molar-refractivity contribution in [2.24, 2.45) is 0 Å². The highest BCUT2D eigenvalue weighted by molar-refractivity contribution is 6.11. The zero-order chi connectivity index (χ0) is 17.2. The Kier molecular flexibility index (Phi) is 4.09. The molecule has 25 heavy (non-hydrogen) atoms. The molecule has 1 saturated carbocycles. The van der Waals surface area contributed by atoms with Crippen molar-refractivity contribution in [2.75, 3.05) is 11.4 Å². The number of benzene rings is 1. The van der Waals surface area contributed by atoms with Crippen LogP contribution in [0.2, 0.25) is 0 Å². The summed E-state index contributed by atoms with van der Waals surface area (Å²) >= 11 is 0. The van der Waals surface area contributed by atoms with Gasteiger partial charge in [-0.2, -0.15) is 0 Å². The number of anilines is 1. The van der Waals surface area contributed by atoms with Crippen molar-refractivity contribution < 1.29 is 14.3 Å². The molecule has 2 aliphatic rings. The standard InChI is InChI=1S/C19H19N3O3/c23-17(21-13-6-1-2-7-13)12-22-15-9-3-4-10-16(15)25-18-14(19(22)24)8-5-11-20-18/h3-5,8-11,13H,1-2,6-7,12H2,(H,21,23). The first-order valence-corrected chi connectivity index (χ1v) is 8.55.